The zero-order chi connectivity index (χ0) is 26.5. The van der Waals surface area contributed by atoms with E-state index in [4.69, 9.17) is 11.0 Å². The van der Waals surface area contributed by atoms with Crippen LogP contribution in [0.2, 0.25) is 0 Å². The van der Waals surface area contributed by atoms with Gasteiger partial charge in [-0.2, -0.15) is 5.26 Å². The Balaban J connectivity index is 1.28. The van der Waals surface area contributed by atoms with Gasteiger partial charge in [-0.15, -0.1) is 0 Å². The number of nitriles is 1. The molecule has 2 aliphatic rings. The van der Waals surface area contributed by atoms with Crippen molar-refractivity contribution < 1.29 is 4.79 Å². The zero-order valence-electron chi connectivity index (χ0n) is 22.1. The first kappa shape index (κ1) is 25.7. The van der Waals surface area contributed by atoms with Crippen LogP contribution in [0.3, 0.4) is 0 Å². The number of carbonyl (C=O) groups is 1. The van der Waals surface area contributed by atoms with Crippen LogP contribution in [0.15, 0.2) is 60.9 Å². The normalized spacial score (nSPS) is 23.4. The van der Waals surface area contributed by atoms with Crippen molar-refractivity contribution >= 4 is 17.4 Å². The van der Waals surface area contributed by atoms with Crippen molar-refractivity contribution in [3.05, 3.63) is 72.2 Å². The molecule has 5 rings (SSSR count). The molecule has 3 atom stereocenters. The van der Waals surface area contributed by atoms with E-state index < -0.39 is 5.91 Å². The average Bonchev–Trinajstić information content (AvgIpc) is 2.94. The van der Waals surface area contributed by atoms with Gasteiger partial charge >= 0.3 is 0 Å². The van der Waals surface area contributed by atoms with Gasteiger partial charge in [-0.3, -0.25) is 4.79 Å². The number of piperidine rings is 1. The number of rotatable bonds is 7. The Hall–Kier alpha value is -3.92. The Kier molecular flexibility index (Phi) is 7.59. The van der Waals surface area contributed by atoms with Crippen LogP contribution in [0, 0.1) is 22.7 Å². The van der Waals surface area contributed by atoms with Crippen LogP contribution in [0.25, 0.3) is 11.1 Å². The van der Waals surface area contributed by atoms with E-state index in [1.165, 1.54) is 32.1 Å². The Bertz CT molecular complexity index is 1320. The summed E-state index contributed by atoms with van der Waals surface area (Å²) in [7, 11) is 0. The predicted octanol–water partition coefficient (Wildman–Crippen LogP) is 5.78. The fourth-order valence-electron chi connectivity index (χ4n) is 6.35. The molecule has 38 heavy (non-hydrogen) atoms. The summed E-state index contributed by atoms with van der Waals surface area (Å²) in [6.07, 6.45) is 12.1. The Morgan fingerprint density at radius 3 is 2.76 bits per heavy atom. The molecule has 1 saturated heterocycles. The summed E-state index contributed by atoms with van der Waals surface area (Å²) in [5.74, 6) is 1.04. The van der Waals surface area contributed by atoms with Crippen molar-refractivity contribution in [2.24, 2.45) is 17.1 Å². The van der Waals surface area contributed by atoms with E-state index in [1.807, 2.05) is 48.8 Å². The molecule has 1 aliphatic carbocycles. The minimum Gasteiger partial charge on any atom is -0.370 e. The lowest BCUT2D eigenvalue weighted by atomic mass is 9.70. The molecule has 1 aromatic carbocycles. The summed E-state index contributed by atoms with van der Waals surface area (Å²) in [4.78, 5) is 23.0. The molecule has 1 saturated carbocycles. The molecule has 2 aromatic heterocycles. The highest BCUT2D eigenvalue weighted by Crippen LogP contribution is 2.42. The minimum absolute atomic E-state index is 0.221. The molecular formula is C31H36N6O. The predicted molar refractivity (Wildman–Crippen MR) is 151 cm³/mol. The van der Waals surface area contributed by atoms with Crippen molar-refractivity contribution in [1.29, 1.82) is 5.26 Å². The SMILES string of the molecule is C[C@]1(C[C@@H]2CCCC[C@H]2Nc2cc(-c3cccc(C(N)=O)c3)ccn2)CCCN(c2ccc(C#N)nc2)C1. The molecule has 3 heterocycles. The van der Waals surface area contributed by atoms with Gasteiger partial charge in [0.05, 0.1) is 11.9 Å². The van der Waals surface area contributed by atoms with E-state index in [0.717, 1.165) is 48.6 Å². The van der Waals surface area contributed by atoms with E-state index in [9.17, 15) is 4.79 Å². The van der Waals surface area contributed by atoms with Crippen LogP contribution < -0.4 is 16.0 Å². The van der Waals surface area contributed by atoms with Gasteiger partial charge in [0.25, 0.3) is 0 Å². The first-order valence-corrected chi connectivity index (χ1v) is 13.7. The lowest BCUT2D eigenvalue weighted by Crippen LogP contribution is -2.45. The number of nitrogens with two attached hydrogens (primary N) is 1. The third-order valence-electron chi connectivity index (χ3n) is 8.25. The maximum atomic E-state index is 11.6. The summed E-state index contributed by atoms with van der Waals surface area (Å²) in [6, 6.07) is 17.8. The summed E-state index contributed by atoms with van der Waals surface area (Å²) in [6.45, 7) is 4.48. The number of anilines is 2. The van der Waals surface area contributed by atoms with Crippen LogP contribution in [0.5, 0.6) is 0 Å². The van der Waals surface area contributed by atoms with Crippen molar-refractivity contribution in [2.75, 3.05) is 23.3 Å². The van der Waals surface area contributed by atoms with E-state index in [2.05, 4.69) is 39.2 Å². The molecule has 1 aliphatic heterocycles. The van der Waals surface area contributed by atoms with Gasteiger partial charge in [-0.1, -0.05) is 31.9 Å². The number of hydrogen-bond donors (Lipinski definition) is 2. The van der Waals surface area contributed by atoms with Gasteiger partial charge in [0.2, 0.25) is 5.91 Å². The maximum absolute atomic E-state index is 11.6. The second kappa shape index (κ2) is 11.2. The number of nitrogens with zero attached hydrogens (tertiary/aromatic N) is 4. The lowest BCUT2D eigenvalue weighted by molar-refractivity contribution is 0.100. The minimum atomic E-state index is -0.422. The van der Waals surface area contributed by atoms with Gasteiger partial charge < -0.3 is 16.0 Å². The van der Waals surface area contributed by atoms with E-state index in [0.29, 0.717) is 23.2 Å². The highest BCUT2D eigenvalue weighted by molar-refractivity contribution is 5.94. The number of pyridine rings is 2. The summed E-state index contributed by atoms with van der Waals surface area (Å²) >= 11 is 0. The standard InChI is InChI=1S/C31H36N6O/c1-31(13-5-15-37(21-31)27-11-10-26(19-32)35-20-27)18-25-6-2-3-9-28(25)36-29-17-23(12-14-34-29)22-7-4-8-24(16-22)30(33)38/h4,7-8,10-12,14,16-17,20,25,28H,2-3,5-6,9,13,15,18,21H2,1H3,(H2,33,38)(H,34,36)/t25-,28+,31+/m0/s1. The van der Waals surface area contributed by atoms with Crippen LogP contribution in [-0.2, 0) is 0 Å². The fraction of sp³-hybridized carbons (Fsp3) is 0.419. The molecule has 2 fully saturated rings. The van der Waals surface area contributed by atoms with E-state index in [-0.39, 0.29) is 5.41 Å². The summed E-state index contributed by atoms with van der Waals surface area (Å²) in [5.41, 5.74) is 9.76. The lowest BCUT2D eigenvalue weighted by Gasteiger charge is -2.45. The molecule has 0 bridgehead atoms. The molecule has 3 aromatic rings. The molecule has 0 spiro atoms. The molecule has 0 radical (unpaired) electrons. The number of hydrogen-bond acceptors (Lipinski definition) is 6. The highest BCUT2D eigenvalue weighted by atomic mass is 16.1. The topological polar surface area (TPSA) is 108 Å². The van der Waals surface area contributed by atoms with Crippen LogP contribution in [0.4, 0.5) is 11.5 Å². The van der Waals surface area contributed by atoms with Crippen LogP contribution in [-0.4, -0.2) is 35.0 Å². The number of benzene rings is 1. The van der Waals surface area contributed by atoms with Crippen molar-refractivity contribution in [3.8, 4) is 17.2 Å². The zero-order valence-corrected chi connectivity index (χ0v) is 22.1. The molecule has 7 nitrogen and oxygen atoms in total. The van der Waals surface area contributed by atoms with Crippen molar-refractivity contribution in [2.45, 2.75) is 57.9 Å². The average molecular weight is 509 g/mol. The largest absolute Gasteiger partial charge is 0.370 e. The Morgan fingerprint density at radius 2 is 1.97 bits per heavy atom. The molecule has 7 heteroatoms. The summed E-state index contributed by atoms with van der Waals surface area (Å²) < 4.78 is 0. The first-order chi connectivity index (χ1) is 18.4. The maximum Gasteiger partial charge on any atom is 0.248 e. The number of aromatic nitrogens is 2. The van der Waals surface area contributed by atoms with E-state index in [1.54, 1.807) is 6.07 Å². The monoisotopic (exact) mass is 508 g/mol. The first-order valence-electron chi connectivity index (χ1n) is 13.7. The van der Waals surface area contributed by atoms with Crippen molar-refractivity contribution in [1.82, 2.24) is 9.97 Å². The number of nitrogens with one attached hydrogen (secondary N) is 1. The van der Waals surface area contributed by atoms with E-state index >= 15 is 0 Å². The molecule has 1 amide bonds. The van der Waals surface area contributed by atoms with Crippen molar-refractivity contribution in [3.63, 3.8) is 0 Å². The Labute approximate surface area is 225 Å². The molecular weight excluding hydrogens is 472 g/mol. The number of amides is 1. The van der Waals surface area contributed by atoms with Crippen LogP contribution in [0.1, 0.15) is 67.9 Å². The fourth-order valence-corrected chi connectivity index (χ4v) is 6.35. The quantitative estimate of drug-likeness (QED) is 0.419. The molecule has 196 valence electrons. The van der Waals surface area contributed by atoms with Gasteiger partial charge in [0.15, 0.2) is 0 Å². The second-order valence-corrected chi connectivity index (χ2v) is 11.2. The molecule has 0 unspecified atom stereocenters. The third-order valence-corrected chi connectivity index (χ3v) is 8.25. The van der Waals surface area contributed by atoms with Gasteiger partial charge in [0, 0.05) is 30.9 Å². The second-order valence-electron chi connectivity index (χ2n) is 11.2. The molecule has 3 N–H and O–H groups in total. The summed E-state index contributed by atoms with van der Waals surface area (Å²) in [5, 5.41) is 12.9. The van der Waals surface area contributed by atoms with Crippen LogP contribution >= 0.6 is 0 Å². The smallest absolute Gasteiger partial charge is 0.248 e. The third kappa shape index (κ3) is 5.96. The highest BCUT2D eigenvalue weighted by Gasteiger charge is 2.37. The van der Waals surface area contributed by atoms with Gasteiger partial charge in [0.1, 0.15) is 17.6 Å². The number of carbonyl (C=O) groups excluding carboxylic acids is 1. The Morgan fingerprint density at radius 1 is 1.13 bits per heavy atom. The van der Waals surface area contributed by atoms with Gasteiger partial charge in [-0.25, -0.2) is 9.97 Å². The number of primary amides is 1. The van der Waals surface area contributed by atoms with Gasteiger partial charge in [-0.05, 0) is 91.0 Å².